The van der Waals surface area contributed by atoms with Crippen LogP contribution in [0.15, 0.2) is 48.7 Å². The monoisotopic (exact) mass is 381 g/mol. The highest BCUT2D eigenvalue weighted by Crippen LogP contribution is 2.32. The predicted octanol–water partition coefficient (Wildman–Crippen LogP) is 4.56. The molecule has 5 nitrogen and oxygen atoms in total. The molecule has 0 bridgehead atoms. The molecule has 4 rings (SSSR count). The van der Waals surface area contributed by atoms with E-state index in [-0.39, 0.29) is 0 Å². The molecule has 2 heterocycles. The second-order valence-electron chi connectivity index (χ2n) is 5.69. The molecule has 1 N–H and O–H groups in total. The maximum absolute atomic E-state index is 10.5. The van der Waals surface area contributed by atoms with E-state index in [1.807, 2.05) is 44.2 Å². The summed E-state index contributed by atoms with van der Waals surface area (Å²) in [6, 6.07) is 14.2. The molecule has 0 atom stereocenters. The van der Waals surface area contributed by atoms with E-state index in [4.69, 9.17) is 9.72 Å². The summed E-state index contributed by atoms with van der Waals surface area (Å²) in [4.78, 5) is 15.3. The largest absolute Gasteiger partial charge is 0.497 e. The number of hydrogen-bond acceptors (Lipinski definition) is 4. The lowest BCUT2D eigenvalue weighted by molar-refractivity contribution is -0.109. The molecule has 0 aliphatic heterocycles. The zero-order valence-electron chi connectivity index (χ0n) is 15.7. The number of aromatic nitrogens is 2. The smallest absolute Gasteiger partial charge is 0.207 e. The number of amides is 1. The van der Waals surface area contributed by atoms with Crippen LogP contribution in [0.4, 0.5) is 0 Å². The first kappa shape index (κ1) is 18.9. The van der Waals surface area contributed by atoms with Crippen molar-refractivity contribution in [1.29, 1.82) is 0 Å². The van der Waals surface area contributed by atoms with Gasteiger partial charge >= 0.3 is 0 Å². The van der Waals surface area contributed by atoms with Crippen LogP contribution in [0.1, 0.15) is 19.4 Å². The lowest BCUT2D eigenvalue weighted by Crippen LogP contribution is -2.14. The molecule has 0 saturated carbocycles. The van der Waals surface area contributed by atoms with Gasteiger partial charge in [-0.2, -0.15) is 0 Å². The molecule has 0 aliphatic carbocycles. The molecule has 2 aromatic heterocycles. The molecular weight excluding hydrogens is 358 g/mol. The fourth-order valence-corrected chi connectivity index (χ4v) is 3.95. The quantitative estimate of drug-likeness (QED) is 0.393. The van der Waals surface area contributed by atoms with Crippen molar-refractivity contribution in [3.8, 4) is 10.9 Å². The van der Waals surface area contributed by atoms with Gasteiger partial charge in [0.25, 0.3) is 0 Å². The minimum Gasteiger partial charge on any atom is -0.497 e. The number of nitrogens with one attached hydrogen (secondary N) is 1. The predicted molar refractivity (Wildman–Crippen MR) is 112 cm³/mol. The molecule has 0 saturated heterocycles. The highest BCUT2D eigenvalue weighted by molar-refractivity contribution is 7.20. The molecule has 6 heteroatoms. The molecule has 0 fully saturated rings. The number of benzene rings is 2. The van der Waals surface area contributed by atoms with Gasteiger partial charge in [-0.1, -0.05) is 37.3 Å². The first-order chi connectivity index (χ1) is 13.3. The Labute approximate surface area is 162 Å². The number of ether oxygens (including phenoxy) is 1. The molecule has 0 radical (unpaired) electrons. The number of carbonyl (C=O) groups excluding carboxylic acids is 1. The van der Waals surface area contributed by atoms with E-state index in [1.165, 1.54) is 0 Å². The van der Waals surface area contributed by atoms with Crippen LogP contribution in [-0.4, -0.2) is 29.6 Å². The van der Waals surface area contributed by atoms with Crippen LogP contribution in [0, 0.1) is 0 Å². The van der Waals surface area contributed by atoms with E-state index in [9.17, 15) is 4.79 Å². The van der Waals surface area contributed by atoms with Crippen LogP contribution in [-0.2, 0) is 11.2 Å². The zero-order valence-corrected chi connectivity index (χ0v) is 16.5. The van der Waals surface area contributed by atoms with Crippen molar-refractivity contribution < 1.29 is 9.53 Å². The fourth-order valence-electron chi connectivity index (χ4n) is 2.99. The van der Waals surface area contributed by atoms with Gasteiger partial charge in [0.1, 0.15) is 5.75 Å². The topological polar surface area (TPSA) is 56.1 Å². The normalized spacial score (nSPS) is 10.5. The Balaban J connectivity index is 0.00000102. The van der Waals surface area contributed by atoms with Gasteiger partial charge in [-0.3, -0.25) is 9.36 Å². The van der Waals surface area contributed by atoms with E-state index in [2.05, 4.69) is 28.2 Å². The Bertz CT molecular complexity index is 1020. The average Bonchev–Trinajstić information content (AvgIpc) is 3.30. The number of carbonyl (C=O) groups is 1. The number of fused-ring (bicyclic) bond motifs is 2. The van der Waals surface area contributed by atoms with Crippen LogP contribution < -0.4 is 10.1 Å². The average molecular weight is 382 g/mol. The van der Waals surface area contributed by atoms with Crippen LogP contribution in [0.25, 0.3) is 26.3 Å². The van der Waals surface area contributed by atoms with Gasteiger partial charge in [0.15, 0.2) is 5.13 Å². The highest BCUT2D eigenvalue weighted by atomic mass is 32.1. The zero-order chi connectivity index (χ0) is 19.2. The minimum atomic E-state index is 0.597. The van der Waals surface area contributed by atoms with Crippen LogP contribution >= 0.6 is 11.3 Å². The maximum Gasteiger partial charge on any atom is 0.207 e. The van der Waals surface area contributed by atoms with Crippen molar-refractivity contribution >= 4 is 38.9 Å². The molecule has 2 aromatic carbocycles. The van der Waals surface area contributed by atoms with Gasteiger partial charge in [-0.05, 0) is 42.3 Å². The first-order valence-corrected chi connectivity index (χ1v) is 9.83. The maximum atomic E-state index is 10.5. The summed E-state index contributed by atoms with van der Waals surface area (Å²) in [6.07, 6.45) is 3.59. The van der Waals surface area contributed by atoms with E-state index in [0.717, 1.165) is 50.4 Å². The Morgan fingerprint density at radius 2 is 2.04 bits per heavy atom. The van der Waals surface area contributed by atoms with Gasteiger partial charge < -0.3 is 10.1 Å². The van der Waals surface area contributed by atoms with Gasteiger partial charge in [-0.15, -0.1) is 0 Å². The van der Waals surface area contributed by atoms with Crippen molar-refractivity contribution in [2.75, 3.05) is 13.7 Å². The van der Waals surface area contributed by atoms with Crippen molar-refractivity contribution in [3.63, 3.8) is 0 Å². The summed E-state index contributed by atoms with van der Waals surface area (Å²) in [5.41, 5.74) is 3.24. The number of thiazole rings is 1. The summed E-state index contributed by atoms with van der Waals surface area (Å²) in [6.45, 7) is 4.60. The number of methoxy groups -OCH3 is 1. The van der Waals surface area contributed by atoms with Crippen molar-refractivity contribution in [3.05, 3.63) is 54.2 Å². The van der Waals surface area contributed by atoms with Crippen LogP contribution in [0.2, 0.25) is 0 Å². The standard InChI is InChI=1S/C19H17N3O2S.C2H6/c1-24-14-6-7-17-15(10-14)13(8-9-20-12-23)11-22(17)19-21-16-4-2-3-5-18(16)25-19;1-2/h2-7,10-12H,8-9H2,1H3,(H,20,23);1-2H3. The molecule has 1 amide bonds. The SMILES string of the molecule is CC.COc1ccc2c(c1)c(CCNC=O)cn2-c1nc2ccccc2s1. The van der Waals surface area contributed by atoms with E-state index in [0.29, 0.717) is 6.54 Å². The van der Waals surface area contributed by atoms with Gasteiger partial charge in [0.05, 0.1) is 22.8 Å². The number of nitrogens with zero attached hydrogens (tertiary/aromatic N) is 2. The highest BCUT2D eigenvalue weighted by Gasteiger charge is 2.13. The molecule has 140 valence electrons. The number of hydrogen-bond donors (Lipinski definition) is 1. The second-order valence-corrected chi connectivity index (χ2v) is 6.70. The van der Waals surface area contributed by atoms with Crippen LogP contribution in [0.3, 0.4) is 0 Å². The van der Waals surface area contributed by atoms with Crippen molar-refractivity contribution in [2.24, 2.45) is 0 Å². The summed E-state index contributed by atoms with van der Waals surface area (Å²) in [5.74, 6) is 0.819. The van der Waals surface area contributed by atoms with E-state index in [1.54, 1.807) is 18.4 Å². The molecule has 0 aliphatic rings. The van der Waals surface area contributed by atoms with E-state index >= 15 is 0 Å². The molecular formula is C21H23N3O2S. The number of rotatable bonds is 6. The molecule has 27 heavy (non-hydrogen) atoms. The Morgan fingerprint density at radius 3 is 2.78 bits per heavy atom. The third-order valence-electron chi connectivity index (χ3n) is 4.20. The Morgan fingerprint density at radius 1 is 1.22 bits per heavy atom. The third kappa shape index (κ3) is 3.80. The summed E-state index contributed by atoms with van der Waals surface area (Å²) in [5, 5.41) is 4.78. The fraction of sp³-hybridized carbons (Fsp3) is 0.238. The number of para-hydroxylation sites is 1. The van der Waals surface area contributed by atoms with Gasteiger partial charge in [0, 0.05) is 18.1 Å². The summed E-state index contributed by atoms with van der Waals surface area (Å²) >= 11 is 1.67. The van der Waals surface area contributed by atoms with Gasteiger partial charge in [-0.25, -0.2) is 4.98 Å². The van der Waals surface area contributed by atoms with Gasteiger partial charge in [0.2, 0.25) is 6.41 Å². The molecule has 4 aromatic rings. The molecule has 0 unspecified atom stereocenters. The first-order valence-electron chi connectivity index (χ1n) is 9.01. The minimum absolute atomic E-state index is 0.597. The summed E-state index contributed by atoms with van der Waals surface area (Å²) in [7, 11) is 1.67. The Hall–Kier alpha value is -2.86. The van der Waals surface area contributed by atoms with E-state index < -0.39 is 0 Å². The van der Waals surface area contributed by atoms with Crippen molar-refractivity contribution in [2.45, 2.75) is 20.3 Å². The lowest BCUT2D eigenvalue weighted by Gasteiger charge is -2.03. The second kappa shape index (κ2) is 8.68. The molecule has 0 spiro atoms. The Kier molecular flexibility index (Phi) is 6.08. The van der Waals surface area contributed by atoms with Crippen molar-refractivity contribution in [1.82, 2.24) is 14.9 Å². The van der Waals surface area contributed by atoms with Crippen LogP contribution in [0.5, 0.6) is 5.75 Å². The third-order valence-corrected chi connectivity index (χ3v) is 5.24. The lowest BCUT2D eigenvalue weighted by atomic mass is 10.1. The summed E-state index contributed by atoms with van der Waals surface area (Å²) < 4.78 is 8.66.